The molecule has 0 aromatic heterocycles. The molecule has 0 amide bonds. The quantitative estimate of drug-likeness (QED) is 0.648. The molecule has 0 fully saturated rings. The minimum absolute atomic E-state index is 0.00367. The van der Waals surface area contributed by atoms with Crippen LogP contribution < -0.4 is 9.47 Å². The van der Waals surface area contributed by atoms with Gasteiger partial charge in [-0.2, -0.15) is 0 Å². The molecular formula is C18H18O6. The molecule has 0 unspecified atom stereocenters. The summed E-state index contributed by atoms with van der Waals surface area (Å²) in [5.41, 5.74) is 1.04. The van der Waals surface area contributed by atoms with Crippen molar-refractivity contribution in [2.24, 2.45) is 0 Å². The van der Waals surface area contributed by atoms with Gasteiger partial charge in [-0.25, -0.2) is 4.79 Å². The number of methoxy groups -OCH3 is 2. The SMILES string of the molecule is COc1ccc(C(C)=O)cc1COC(=O)c1cccc(OC)c1O. The number of rotatable bonds is 6. The Labute approximate surface area is 139 Å². The molecule has 6 heteroatoms. The van der Waals surface area contributed by atoms with E-state index in [4.69, 9.17) is 14.2 Å². The van der Waals surface area contributed by atoms with Crippen molar-refractivity contribution in [3.8, 4) is 17.2 Å². The van der Waals surface area contributed by atoms with E-state index >= 15 is 0 Å². The maximum absolute atomic E-state index is 12.2. The van der Waals surface area contributed by atoms with Crippen LogP contribution in [0.3, 0.4) is 0 Å². The summed E-state index contributed by atoms with van der Waals surface area (Å²) in [6.45, 7) is 1.35. The number of ketones is 1. The predicted octanol–water partition coefficient (Wildman–Crippen LogP) is 2.97. The maximum atomic E-state index is 12.2. The lowest BCUT2D eigenvalue weighted by Crippen LogP contribution is -2.07. The highest BCUT2D eigenvalue weighted by molar-refractivity contribution is 5.95. The summed E-state index contributed by atoms with van der Waals surface area (Å²) in [6.07, 6.45) is 0. The molecule has 0 bridgehead atoms. The maximum Gasteiger partial charge on any atom is 0.342 e. The summed E-state index contributed by atoms with van der Waals surface area (Å²) < 4.78 is 15.4. The number of esters is 1. The van der Waals surface area contributed by atoms with E-state index in [1.165, 1.54) is 33.3 Å². The van der Waals surface area contributed by atoms with Crippen LogP contribution in [0.1, 0.15) is 33.2 Å². The first kappa shape index (κ1) is 17.3. The number of Topliss-reactive ketones (excluding diaryl/α,β-unsaturated/α-hetero) is 1. The minimum Gasteiger partial charge on any atom is -0.504 e. The van der Waals surface area contributed by atoms with Gasteiger partial charge >= 0.3 is 5.97 Å². The fourth-order valence-corrected chi connectivity index (χ4v) is 2.18. The van der Waals surface area contributed by atoms with E-state index in [1.807, 2.05) is 0 Å². The average molecular weight is 330 g/mol. The van der Waals surface area contributed by atoms with Gasteiger partial charge in [-0.1, -0.05) is 6.07 Å². The van der Waals surface area contributed by atoms with E-state index in [1.54, 1.807) is 24.3 Å². The Morgan fingerprint density at radius 1 is 1.04 bits per heavy atom. The highest BCUT2D eigenvalue weighted by Gasteiger charge is 2.17. The normalized spacial score (nSPS) is 10.1. The van der Waals surface area contributed by atoms with Crippen LogP contribution in [0.25, 0.3) is 0 Å². The van der Waals surface area contributed by atoms with Gasteiger partial charge in [0.25, 0.3) is 0 Å². The molecule has 0 spiro atoms. The van der Waals surface area contributed by atoms with Crippen LogP contribution >= 0.6 is 0 Å². The molecule has 24 heavy (non-hydrogen) atoms. The molecule has 1 N–H and O–H groups in total. The number of ether oxygens (including phenoxy) is 3. The third kappa shape index (κ3) is 3.65. The van der Waals surface area contributed by atoms with Crippen LogP contribution in [-0.2, 0) is 11.3 Å². The lowest BCUT2D eigenvalue weighted by Gasteiger charge is -2.12. The smallest absolute Gasteiger partial charge is 0.342 e. The van der Waals surface area contributed by atoms with E-state index in [-0.39, 0.29) is 29.5 Å². The molecule has 0 radical (unpaired) electrons. The number of carbonyl (C=O) groups excluding carboxylic acids is 2. The monoisotopic (exact) mass is 330 g/mol. The fraction of sp³-hybridized carbons (Fsp3) is 0.222. The number of carbonyl (C=O) groups is 2. The van der Waals surface area contributed by atoms with E-state index in [9.17, 15) is 14.7 Å². The van der Waals surface area contributed by atoms with Crippen molar-refractivity contribution in [3.05, 3.63) is 53.1 Å². The van der Waals surface area contributed by atoms with Gasteiger partial charge in [0.1, 0.15) is 17.9 Å². The summed E-state index contributed by atoms with van der Waals surface area (Å²) in [7, 11) is 2.88. The molecule has 0 aliphatic carbocycles. The molecule has 0 atom stereocenters. The molecule has 126 valence electrons. The Bertz CT molecular complexity index is 766. The van der Waals surface area contributed by atoms with Crippen molar-refractivity contribution < 1.29 is 28.9 Å². The van der Waals surface area contributed by atoms with Crippen LogP contribution in [0.5, 0.6) is 17.2 Å². The minimum atomic E-state index is -0.707. The Kier molecular flexibility index (Phi) is 5.42. The second-order valence-corrected chi connectivity index (χ2v) is 5.02. The molecule has 0 aliphatic heterocycles. The zero-order chi connectivity index (χ0) is 17.7. The van der Waals surface area contributed by atoms with Gasteiger partial charge in [0.15, 0.2) is 17.3 Å². The summed E-state index contributed by atoms with van der Waals surface area (Å²) in [6, 6.07) is 9.43. The van der Waals surface area contributed by atoms with E-state index in [0.717, 1.165) is 0 Å². The van der Waals surface area contributed by atoms with Gasteiger partial charge in [-0.15, -0.1) is 0 Å². The highest BCUT2D eigenvalue weighted by atomic mass is 16.5. The zero-order valence-electron chi connectivity index (χ0n) is 13.7. The van der Waals surface area contributed by atoms with Crippen molar-refractivity contribution in [1.29, 1.82) is 0 Å². The van der Waals surface area contributed by atoms with Crippen LogP contribution in [0.4, 0.5) is 0 Å². The van der Waals surface area contributed by atoms with Crippen LogP contribution in [0.2, 0.25) is 0 Å². The molecule has 2 rings (SSSR count). The number of aromatic hydroxyl groups is 1. The predicted molar refractivity (Wildman–Crippen MR) is 86.8 cm³/mol. The molecule has 0 heterocycles. The first-order chi connectivity index (χ1) is 11.5. The molecule has 0 saturated heterocycles. The first-order valence-electron chi connectivity index (χ1n) is 7.19. The summed E-state index contributed by atoms with van der Waals surface area (Å²) >= 11 is 0. The Balaban J connectivity index is 2.20. The number of phenolic OH excluding ortho intramolecular Hbond substituents is 1. The number of benzene rings is 2. The Morgan fingerprint density at radius 3 is 2.38 bits per heavy atom. The van der Waals surface area contributed by atoms with Gasteiger partial charge in [-0.05, 0) is 37.3 Å². The average Bonchev–Trinajstić information content (AvgIpc) is 2.59. The van der Waals surface area contributed by atoms with Crippen LogP contribution in [0, 0.1) is 0 Å². The standard InChI is InChI=1S/C18H18O6/c1-11(19)12-7-8-15(22-2)13(9-12)10-24-18(21)14-5-4-6-16(23-3)17(14)20/h4-9,20H,10H2,1-3H3. The number of phenols is 1. The molecule has 0 saturated carbocycles. The van der Waals surface area contributed by atoms with Crippen LogP contribution in [-0.4, -0.2) is 31.1 Å². The summed E-state index contributed by atoms with van der Waals surface area (Å²) in [5.74, 6) is -0.407. The number of hydrogen-bond acceptors (Lipinski definition) is 6. The second-order valence-electron chi connectivity index (χ2n) is 5.02. The molecule has 2 aromatic carbocycles. The molecule has 6 nitrogen and oxygen atoms in total. The molecule has 0 aliphatic rings. The van der Waals surface area contributed by atoms with Crippen molar-refractivity contribution in [3.63, 3.8) is 0 Å². The van der Waals surface area contributed by atoms with Crippen molar-refractivity contribution in [2.75, 3.05) is 14.2 Å². The largest absolute Gasteiger partial charge is 0.504 e. The molecule has 2 aromatic rings. The second kappa shape index (κ2) is 7.50. The van der Waals surface area contributed by atoms with E-state index in [0.29, 0.717) is 16.9 Å². The number of hydrogen-bond donors (Lipinski definition) is 1. The van der Waals surface area contributed by atoms with E-state index < -0.39 is 5.97 Å². The first-order valence-corrected chi connectivity index (χ1v) is 7.19. The zero-order valence-corrected chi connectivity index (χ0v) is 13.7. The number of para-hydroxylation sites is 1. The van der Waals surface area contributed by atoms with Crippen molar-refractivity contribution >= 4 is 11.8 Å². The Hall–Kier alpha value is -3.02. The Morgan fingerprint density at radius 2 is 1.75 bits per heavy atom. The summed E-state index contributed by atoms with van der Waals surface area (Å²) in [4.78, 5) is 23.7. The van der Waals surface area contributed by atoms with Crippen LogP contribution in [0.15, 0.2) is 36.4 Å². The lowest BCUT2D eigenvalue weighted by molar-refractivity contribution is 0.0466. The van der Waals surface area contributed by atoms with E-state index in [2.05, 4.69) is 0 Å². The van der Waals surface area contributed by atoms with Gasteiger partial charge in [0.2, 0.25) is 0 Å². The van der Waals surface area contributed by atoms with Gasteiger partial charge in [-0.3, -0.25) is 4.79 Å². The topological polar surface area (TPSA) is 82.1 Å². The van der Waals surface area contributed by atoms with Gasteiger partial charge < -0.3 is 19.3 Å². The van der Waals surface area contributed by atoms with Crippen molar-refractivity contribution in [2.45, 2.75) is 13.5 Å². The summed E-state index contributed by atoms with van der Waals surface area (Å²) in [5, 5.41) is 9.98. The third-order valence-electron chi connectivity index (χ3n) is 3.48. The fourth-order valence-electron chi connectivity index (χ4n) is 2.18. The van der Waals surface area contributed by atoms with Crippen molar-refractivity contribution in [1.82, 2.24) is 0 Å². The lowest BCUT2D eigenvalue weighted by atomic mass is 10.1. The van der Waals surface area contributed by atoms with Gasteiger partial charge in [0, 0.05) is 11.1 Å². The highest BCUT2D eigenvalue weighted by Crippen LogP contribution is 2.30. The van der Waals surface area contributed by atoms with Gasteiger partial charge in [0.05, 0.1) is 14.2 Å². The third-order valence-corrected chi connectivity index (χ3v) is 3.48. The molecular weight excluding hydrogens is 312 g/mol.